The summed E-state index contributed by atoms with van der Waals surface area (Å²) in [6.07, 6.45) is 1.53. The van der Waals surface area contributed by atoms with Gasteiger partial charge >= 0.3 is 0 Å². The highest BCUT2D eigenvalue weighted by molar-refractivity contribution is 9.13. The van der Waals surface area contributed by atoms with Crippen molar-refractivity contribution in [3.05, 3.63) is 88.7 Å². The molecule has 0 spiro atoms. The molecule has 1 aromatic heterocycles. The molecule has 0 aliphatic rings. The van der Waals surface area contributed by atoms with Gasteiger partial charge in [0.2, 0.25) is 0 Å². The molecule has 0 radical (unpaired) electrons. The van der Waals surface area contributed by atoms with E-state index in [1.807, 2.05) is 19.9 Å². The molecule has 0 atom stereocenters. The molecule has 1 amide bonds. The van der Waals surface area contributed by atoms with Crippen molar-refractivity contribution < 1.29 is 14.3 Å². The zero-order valence-corrected chi connectivity index (χ0v) is 26.5. The lowest BCUT2D eigenvalue weighted by Gasteiger charge is -2.16. The van der Waals surface area contributed by atoms with E-state index in [9.17, 15) is 9.59 Å². The van der Waals surface area contributed by atoms with Crippen LogP contribution in [0.3, 0.4) is 0 Å². The third kappa shape index (κ3) is 6.71. The average molecular weight is 742 g/mol. The fourth-order valence-corrected chi connectivity index (χ4v) is 5.05. The Bertz CT molecular complexity index is 1640. The molecule has 0 saturated heterocycles. The highest BCUT2D eigenvalue weighted by atomic mass is 79.9. The first-order valence-corrected chi connectivity index (χ1v) is 14.4. The smallest absolute Gasteiger partial charge is 0.282 e. The van der Waals surface area contributed by atoms with Crippen LogP contribution in [-0.2, 0) is 4.79 Å². The van der Waals surface area contributed by atoms with E-state index in [1.165, 1.54) is 18.0 Å². The minimum absolute atomic E-state index is 0.0533. The van der Waals surface area contributed by atoms with Crippen molar-refractivity contribution in [3.63, 3.8) is 0 Å². The minimum atomic E-state index is -0.357. The van der Waals surface area contributed by atoms with Crippen LogP contribution < -0.4 is 20.3 Å². The van der Waals surface area contributed by atoms with Crippen molar-refractivity contribution in [2.45, 2.75) is 19.8 Å². The van der Waals surface area contributed by atoms with Crippen LogP contribution in [0.25, 0.3) is 10.9 Å². The molecule has 4 rings (SSSR count). The molecular formula is C27H22Br3ClN4O4. The third-order valence-corrected chi connectivity index (χ3v) is 8.40. The van der Waals surface area contributed by atoms with Crippen LogP contribution in [0.2, 0.25) is 5.02 Å². The Morgan fingerprint density at radius 1 is 1.13 bits per heavy atom. The van der Waals surface area contributed by atoms with E-state index in [0.29, 0.717) is 53.4 Å². The number of rotatable bonds is 8. The van der Waals surface area contributed by atoms with Gasteiger partial charge in [-0.15, -0.1) is 0 Å². The maximum Gasteiger partial charge on any atom is 0.282 e. The van der Waals surface area contributed by atoms with Crippen molar-refractivity contribution in [3.8, 4) is 11.5 Å². The SMILES string of the molecule is COc1cc(C=Nn2c(C(C)C)nc3ccc(Br)cc3c2=O)c(Br)c(Br)c1OCC(=O)Nc1ccc(Cl)cc1. The Labute approximate surface area is 254 Å². The number of nitrogens with one attached hydrogen (secondary N) is 1. The molecule has 3 aromatic carbocycles. The number of carbonyl (C=O) groups is 1. The van der Waals surface area contributed by atoms with E-state index in [2.05, 4.69) is 63.2 Å². The number of benzene rings is 3. The fourth-order valence-electron chi connectivity index (χ4n) is 3.62. The number of nitrogens with zero attached hydrogens (tertiary/aromatic N) is 3. The van der Waals surface area contributed by atoms with E-state index >= 15 is 0 Å². The molecule has 0 fully saturated rings. The van der Waals surface area contributed by atoms with Crippen LogP contribution >= 0.6 is 59.4 Å². The molecule has 0 bridgehead atoms. The minimum Gasteiger partial charge on any atom is -0.493 e. The number of amides is 1. The van der Waals surface area contributed by atoms with Crippen LogP contribution in [-0.4, -0.2) is 35.5 Å². The van der Waals surface area contributed by atoms with Gasteiger partial charge < -0.3 is 14.8 Å². The molecule has 0 aliphatic carbocycles. The summed E-state index contributed by atoms with van der Waals surface area (Å²) in [7, 11) is 1.49. The summed E-state index contributed by atoms with van der Waals surface area (Å²) in [6, 6.07) is 13.8. The Balaban J connectivity index is 1.63. The zero-order chi connectivity index (χ0) is 28.3. The van der Waals surface area contributed by atoms with Crippen molar-refractivity contribution in [1.82, 2.24) is 9.66 Å². The third-order valence-electron chi connectivity index (χ3n) is 5.51. The number of ether oxygens (including phenoxy) is 2. The Morgan fingerprint density at radius 2 is 1.85 bits per heavy atom. The summed E-state index contributed by atoms with van der Waals surface area (Å²) in [4.78, 5) is 30.4. The highest BCUT2D eigenvalue weighted by Gasteiger charge is 2.19. The summed E-state index contributed by atoms with van der Waals surface area (Å²) in [5.74, 6) is 0.805. The molecule has 1 N–H and O–H groups in total. The highest BCUT2D eigenvalue weighted by Crippen LogP contribution is 2.42. The lowest BCUT2D eigenvalue weighted by molar-refractivity contribution is -0.118. The maximum atomic E-state index is 13.3. The fraction of sp³-hybridized carbons (Fsp3) is 0.185. The summed E-state index contributed by atoms with van der Waals surface area (Å²) >= 11 is 16.4. The predicted molar refractivity (Wildman–Crippen MR) is 165 cm³/mol. The monoisotopic (exact) mass is 738 g/mol. The number of aromatic nitrogens is 2. The van der Waals surface area contributed by atoms with Crippen molar-refractivity contribution in [1.29, 1.82) is 0 Å². The second kappa shape index (κ2) is 12.6. The number of carbonyl (C=O) groups excluding carboxylic acids is 1. The number of hydrogen-bond donors (Lipinski definition) is 1. The van der Waals surface area contributed by atoms with E-state index in [-0.39, 0.29) is 24.0 Å². The molecule has 0 aliphatic heterocycles. The molecule has 202 valence electrons. The van der Waals surface area contributed by atoms with Crippen LogP contribution in [0.5, 0.6) is 11.5 Å². The van der Waals surface area contributed by atoms with Crippen LogP contribution in [0.1, 0.15) is 31.2 Å². The summed E-state index contributed by atoms with van der Waals surface area (Å²) in [5.41, 5.74) is 1.52. The van der Waals surface area contributed by atoms with E-state index < -0.39 is 0 Å². The lowest BCUT2D eigenvalue weighted by atomic mass is 10.2. The van der Waals surface area contributed by atoms with Gasteiger partial charge in [0, 0.05) is 31.1 Å². The van der Waals surface area contributed by atoms with Gasteiger partial charge in [-0.1, -0.05) is 41.4 Å². The number of halogens is 4. The molecule has 39 heavy (non-hydrogen) atoms. The number of fused-ring (bicyclic) bond motifs is 1. The molecule has 1 heterocycles. The molecule has 4 aromatic rings. The molecule has 0 unspecified atom stereocenters. The van der Waals surface area contributed by atoms with Gasteiger partial charge in [0.05, 0.1) is 28.7 Å². The first-order chi connectivity index (χ1) is 18.6. The summed E-state index contributed by atoms with van der Waals surface area (Å²) in [5, 5.41) is 8.26. The molecule has 0 saturated carbocycles. The standard InChI is InChI=1S/C27H22Br3ClN4O4/c1-14(2)26-34-20-9-4-16(28)11-19(20)27(37)35(26)32-12-15-10-21(38-3)25(24(30)23(15)29)39-13-22(36)33-18-7-5-17(31)6-8-18/h4-12,14H,13H2,1-3H3,(H,33,36). The predicted octanol–water partition coefficient (Wildman–Crippen LogP) is 7.37. The van der Waals surface area contributed by atoms with Gasteiger partial charge in [0.25, 0.3) is 11.5 Å². The topological polar surface area (TPSA) is 94.8 Å². The largest absolute Gasteiger partial charge is 0.493 e. The van der Waals surface area contributed by atoms with Gasteiger partial charge in [0.15, 0.2) is 18.1 Å². The van der Waals surface area contributed by atoms with Crippen molar-refractivity contribution in [2.24, 2.45) is 5.10 Å². The normalized spacial score (nSPS) is 11.4. The molecular weight excluding hydrogens is 719 g/mol. The number of anilines is 1. The Kier molecular flexibility index (Phi) is 9.47. The van der Waals surface area contributed by atoms with Crippen LogP contribution in [0, 0.1) is 0 Å². The number of methoxy groups -OCH3 is 1. The van der Waals surface area contributed by atoms with Gasteiger partial charge in [-0.3, -0.25) is 9.59 Å². The second-order valence-corrected chi connectivity index (χ2v) is 11.6. The van der Waals surface area contributed by atoms with Crippen molar-refractivity contribution in [2.75, 3.05) is 19.0 Å². The van der Waals surface area contributed by atoms with Crippen LogP contribution in [0.15, 0.2) is 71.8 Å². The van der Waals surface area contributed by atoms with Gasteiger partial charge in [-0.25, -0.2) is 4.98 Å². The van der Waals surface area contributed by atoms with Gasteiger partial charge in [-0.2, -0.15) is 9.78 Å². The Hall–Kier alpha value is -2.73. The summed E-state index contributed by atoms with van der Waals surface area (Å²) in [6.45, 7) is 3.63. The second-order valence-electron chi connectivity index (χ2n) is 8.62. The average Bonchev–Trinajstić information content (AvgIpc) is 2.91. The maximum absolute atomic E-state index is 13.3. The van der Waals surface area contributed by atoms with Crippen molar-refractivity contribution >= 4 is 88.1 Å². The molecule has 12 heteroatoms. The van der Waals surface area contributed by atoms with E-state index in [4.69, 9.17) is 21.1 Å². The van der Waals surface area contributed by atoms with Crippen LogP contribution in [0.4, 0.5) is 5.69 Å². The zero-order valence-electron chi connectivity index (χ0n) is 21.0. The van der Waals surface area contributed by atoms with E-state index in [1.54, 1.807) is 42.5 Å². The van der Waals surface area contributed by atoms with Gasteiger partial charge in [-0.05, 0) is 80.4 Å². The Morgan fingerprint density at radius 3 is 2.51 bits per heavy atom. The van der Waals surface area contributed by atoms with E-state index in [0.717, 1.165) is 4.47 Å². The lowest BCUT2D eigenvalue weighted by Crippen LogP contribution is -2.23. The quantitative estimate of drug-likeness (QED) is 0.191. The van der Waals surface area contributed by atoms with Gasteiger partial charge in [0.1, 0.15) is 5.82 Å². The number of hydrogen-bond acceptors (Lipinski definition) is 6. The summed E-state index contributed by atoms with van der Waals surface area (Å²) < 4.78 is 14.5. The molecule has 8 nitrogen and oxygen atoms in total. The first-order valence-electron chi connectivity index (χ1n) is 11.6. The first kappa shape index (κ1) is 29.3.